The first-order valence-electron chi connectivity index (χ1n) is 6.20. The Labute approximate surface area is 103 Å². The number of aromatic nitrogens is 1. The zero-order valence-corrected chi connectivity index (χ0v) is 10.3. The molecule has 90 valence electrons. The van der Waals surface area contributed by atoms with E-state index >= 15 is 0 Å². The number of pyridine rings is 1. The predicted octanol–water partition coefficient (Wildman–Crippen LogP) is 1.79. The highest BCUT2D eigenvalue weighted by atomic mass is 15.1. The lowest BCUT2D eigenvalue weighted by atomic mass is 10.2. The van der Waals surface area contributed by atoms with Crippen LogP contribution in [-0.2, 0) is 6.54 Å². The first-order chi connectivity index (χ1) is 8.33. The summed E-state index contributed by atoms with van der Waals surface area (Å²) in [6, 6.07) is 4.85. The third-order valence-electron chi connectivity index (χ3n) is 2.98. The molecule has 17 heavy (non-hydrogen) atoms. The number of anilines is 1. The number of nitrogens with zero attached hydrogens (tertiary/aromatic N) is 2. The van der Waals surface area contributed by atoms with Crippen molar-refractivity contribution in [2.75, 3.05) is 18.0 Å². The van der Waals surface area contributed by atoms with E-state index in [0.717, 1.165) is 24.5 Å². The molecule has 0 radical (unpaired) electrons. The number of hydrogen-bond acceptors (Lipinski definition) is 3. The van der Waals surface area contributed by atoms with E-state index < -0.39 is 0 Å². The topological polar surface area (TPSA) is 28.2 Å². The van der Waals surface area contributed by atoms with Gasteiger partial charge >= 0.3 is 0 Å². The molecule has 1 aromatic rings. The molecule has 0 saturated heterocycles. The highest BCUT2D eigenvalue weighted by molar-refractivity contribution is 5.47. The Morgan fingerprint density at radius 2 is 2.41 bits per heavy atom. The molecule has 0 aliphatic heterocycles. The van der Waals surface area contributed by atoms with Gasteiger partial charge in [0.1, 0.15) is 0 Å². The highest BCUT2D eigenvalue weighted by Gasteiger charge is 2.20. The van der Waals surface area contributed by atoms with Crippen molar-refractivity contribution in [3.63, 3.8) is 0 Å². The SMILES string of the molecule is C#CCN(CC)c1ccnc(CNC2CC2)c1. The van der Waals surface area contributed by atoms with E-state index in [0.29, 0.717) is 12.6 Å². The zero-order chi connectivity index (χ0) is 12.1. The Hall–Kier alpha value is -1.53. The summed E-state index contributed by atoms with van der Waals surface area (Å²) in [5.41, 5.74) is 2.25. The van der Waals surface area contributed by atoms with Crippen molar-refractivity contribution in [1.82, 2.24) is 10.3 Å². The molecule has 1 fully saturated rings. The van der Waals surface area contributed by atoms with Gasteiger partial charge in [0.2, 0.25) is 0 Å². The summed E-state index contributed by atoms with van der Waals surface area (Å²) in [4.78, 5) is 6.54. The normalized spacial score (nSPS) is 14.4. The molecule has 1 heterocycles. The zero-order valence-electron chi connectivity index (χ0n) is 10.3. The molecule has 0 aromatic carbocycles. The van der Waals surface area contributed by atoms with E-state index in [-0.39, 0.29) is 0 Å². The average molecular weight is 229 g/mol. The summed E-state index contributed by atoms with van der Waals surface area (Å²) in [5.74, 6) is 2.69. The second-order valence-electron chi connectivity index (χ2n) is 4.38. The van der Waals surface area contributed by atoms with Crippen molar-refractivity contribution in [2.24, 2.45) is 0 Å². The molecule has 0 bridgehead atoms. The smallest absolute Gasteiger partial charge is 0.0791 e. The van der Waals surface area contributed by atoms with Crippen LogP contribution in [0.1, 0.15) is 25.5 Å². The maximum Gasteiger partial charge on any atom is 0.0791 e. The van der Waals surface area contributed by atoms with Crippen molar-refractivity contribution in [3.05, 3.63) is 24.0 Å². The monoisotopic (exact) mass is 229 g/mol. The third kappa shape index (κ3) is 3.47. The molecule has 3 nitrogen and oxygen atoms in total. The lowest BCUT2D eigenvalue weighted by molar-refractivity contribution is 0.674. The van der Waals surface area contributed by atoms with Crippen LogP contribution in [-0.4, -0.2) is 24.1 Å². The van der Waals surface area contributed by atoms with Gasteiger partial charge in [-0.25, -0.2) is 0 Å². The van der Waals surface area contributed by atoms with E-state index in [1.807, 2.05) is 12.3 Å². The molecular formula is C14H19N3. The van der Waals surface area contributed by atoms with Crippen molar-refractivity contribution in [3.8, 4) is 12.3 Å². The second-order valence-corrected chi connectivity index (χ2v) is 4.38. The van der Waals surface area contributed by atoms with Gasteiger partial charge < -0.3 is 10.2 Å². The van der Waals surface area contributed by atoms with Gasteiger partial charge in [-0.1, -0.05) is 5.92 Å². The van der Waals surface area contributed by atoms with Gasteiger partial charge in [-0.2, -0.15) is 0 Å². The maximum absolute atomic E-state index is 5.37. The third-order valence-corrected chi connectivity index (χ3v) is 2.98. The van der Waals surface area contributed by atoms with E-state index in [1.54, 1.807) is 0 Å². The summed E-state index contributed by atoms with van der Waals surface area (Å²) in [6.07, 6.45) is 9.83. The fourth-order valence-corrected chi connectivity index (χ4v) is 1.79. The van der Waals surface area contributed by atoms with Crippen molar-refractivity contribution < 1.29 is 0 Å². The van der Waals surface area contributed by atoms with Crippen LogP contribution in [0.15, 0.2) is 18.3 Å². The largest absolute Gasteiger partial charge is 0.361 e. The molecule has 1 aliphatic rings. The van der Waals surface area contributed by atoms with Crippen LogP contribution in [0.4, 0.5) is 5.69 Å². The predicted molar refractivity (Wildman–Crippen MR) is 70.8 cm³/mol. The Bertz CT molecular complexity index is 404. The van der Waals surface area contributed by atoms with Crippen molar-refractivity contribution >= 4 is 5.69 Å². The van der Waals surface area contributed by atoms with Gasteiger partial charge in [-0.05, 0) is 31.9 Å². The van der Waals surface area contributed by atoms with Crippen LogP contribution in [0, 0.1) is 12.3 Å². The van der Waals surface area contributed by atoms with Gasteiger partial charge in [0.15, 0.2) is 0 Å². The van der Waals surface area contributed by atoms with Gasteiger partial charge in [0.05, 0.1) is 12.2 Å². The summed E-state index contributed by atoms with van der Waals surface area (Å²) in [7, 11) is 0. The minimum Gasteiger partial charge on any atom is -0.361 e. The molecule has 1 aliphatic carbocycles. The summed E-state index contributed by atoms with van der Waals surface area (Å²) in [6.45, 7) is 4.53. The molecule has 0 spiro atoms. The highest BCUT2D eigenvalue weighted by Crippen LogP contribution is 2.20. The van der Waals surface area contributed by atoms with Crippen molar-refractivity contribution in [1.29, 1.82) is 0 Å². The van der Waals surface area contributed by atoms with Crippen LogP contribution in [0.3, 0.4) is 0 Å². The van der Waals surface area contributed by atoms with Crippen LogP contribution < -0.4 is 10.2 Å². The van der Waals surface area contributed by atoms with Crippen LogP contribution in [0.5, 0.6) is 0 Å². The van der Waals surface area contributed by atoms with Gasteiger partial charge in [0.25, 0.3) is 0 Å². The lowest BCUT2D eigenvalue weighted by Crippen LogP contribution is -2.23. The van der Waals surface area contributed by atoms with Gasteiger partial charge in [-0.3, -0.25) is 4.98 Å². The minimum atomic E-state index is 0.649. The Balaban J connectivity index is 2.01. The van der Waals surface area contributed by atoms with E-state index in [1.165, 1.54) is 12.8 Å². The molecule has 0 amide bonds. The molecule has 2 rings (SSSR count). The molecule has 1 aromatic heterocycles. The first kappa shape index (κ1) is 11.9. The number of rotatable bonds is 6. The summed E-state index contributed by atoms with van der Waals surface area (Å²) >= 11 is 0. The fourth-order valence-electron chi connectivity index (χ4n) is 1.79. The quantitative estimate of drug-likeness (QED) is 0.754. The lowest BCUT2D eigenvalue weighted by Gasteiger charge is -2.20. The van der Waals surface area contributed by atoms with E-state index in [2.05, 4.69) is 34.1 Å². The Morgan fingerprint density at radius 1 is 1.59 bits per heavy atom. The standard InChI is InChI=1S/C14H19N3/c1-3-9-17(4-2)14-7-8-15-13(10-14)11-16-12-5-6-12/h1,7-8,10,12,16H,4-6,9,11H2,2H3. The van der Waals surface area contributed by atoms with Gasteiger partial charge in [-0.15, -0.1) is 6.42 Å². The molecule has 1 saturated carbocycles. The Morgan fingerprint density at radius 3 is 3.06 bits per heavy atom. The van der Waals surface area contributed by atoms with Crippen LogP contribution in [0.2, 0.25) is 0 Å². The van der Waals surface area contributed by atoms with Crippen LogP contribution >= 0.6 is 0 Å². The summed E-state index contributed by atoms with van der Waals surface area (Å²) in [5, 5.41) is 3.47. The van der Waals surface area contributed by atoms with E-state index in [4.69, 9.17) is 6.42 Å². The fraction of sp³-hybridized carbons (Fsp3) is 0.500. The Kier molecular flexibility index (Phi) is 4.00. The molecule has 0 atom stereocenters. The molecule has 1 N–H and O–H groups in total. The average Bonchev–Trinajstić information content (AvgIpc) is 3.18. The van der Waals surface area contributed by atoms with Crippen LogP contribution in [0.25, 0.3) is 0 Å². The second kappa shape index (κ2) is 5.70. The minimum absolute atomic E-state index is 0.649. The molecule has 0 unspecified atom stereocenters. The maximum atomic E-state index is 5.37. The first-order valence-corrected chi connectivity index (χ1v) is 6.20. The summed E-state index contributed by atoms with van der Waals surface area (Å²) < 4.78 is 0. The van der Waals surface area contributed by atoms with Gasteiger partial charge in [0, 0.05) is 31.0 Å². The number of nitrogens with one attached hydrogen (secondary N) is 1. The molecule has 3 heteroatoms. The number of hydrogen-bond donors (Lipinski definition) is 1. The number of terminal acetylenes is 1. The molecular weight excluding hydrogens is 210 g/mol. The van der Waals surface area contributed by atoms with Crippen molar-refractivity contribution in [2.45, 2.75) is 32.4 Å². The van der Waals surface area contributed by atoms with E-state index in [9.17, 15) is 0 Å².